The lowest BCUT2D eigenvalue weighted by Gasteiger charge is -2.12. The quantitative estimate of drug-likeness (QED) is 0.863. The summed E-state index contributed by atoms with van der Waals surface area (Å²) < 4.78 is 24.2. The van der Waals surface area contributed by atoms with E-state index in [4.69, 9.17) is 0 Å². The van der Waals surface area contributed by atoms with E-state index in [2.05, 4.69) is 9.93 Å². The molecule has 0 amide bonds. The van der Waals surface area contributed by atoms with Crippen molar-refractivity contribution in [2.75, 3.05) is 0 Å². The van der Waals surface area contributed by atoms with Crippen LogP contribution in [0.4, 0.5) is 0 Å². The molecule has 1 aromatic carbocycles. The van der Waals surface area contributed by atoms with Gasteiger partial charge in [0.05, 0.1) is 4.90 Å². The van der Waals surface area contributed by atoms with Crippen LogP contribution in [0.3, 0.4) is 0 Å². The molecule has 0 spiro atoms. The largest absolute Gasteiger partial charge is 0.276 e. The van der Waals surface area contributed by atoms with E-state index in [0.717, 1.165) is 30.0 Å². The van der Waals surface area contributed by atoms with E-state index in [-0.39, 0.29) is 4.90 Å². The molecule has 2 saturated carbocycles. The van der Waals surface area contributed by atoms with E-state index >= 15 is 0 Å². The summed E-state index contributed by atoms with van der Waals surface area (Å²) in [4.78, 5) is 2.65. The van der Waals surface area contributed by atoms with Crippen molar-refractivity contribution in [3.05, 3.63) is 29.8 Å². The van der Waals surface area contributed by atoms with Gasteiger partial charge in [0.2, 0.25) is 0 Å². The highest BCUT2D eigenvalue weighted by Crippen LogP contribution is 2.42. The molecule has 2 aliphatic carbocycles. The second-order valence-corrected chi connectivity index (χ2v) is 7.25. The van der Waals surface area contributed by atoms with Gasteiger partial charge in [0.15, 0.2) is 0 Å². The summed E-state index contributed by atoms with van der Waals surface area (Å²) in [7, 11) is -3.52. The second kappa shape index (κ2) is 4.63. The Morgan fingerprint density at radius 3 is 2.53 bits per heavy atom. The smallest absolute Gasteiger partial charge is 0.200 e. The van der Waals surface area contributed by atoms with Crippen molar-refractivity contribution in [1.29, 1.82) is 0 Å². The molecule has 19 heavy (non-hydrogen) atoms. The monoisotopic (exact) mass is 278 g/mol. The first-order valence-corrected chi connectivity index (χ1v) is 8.18. The van der Waals surface area contributed by atoms with Gasteiger partial charge in [-0.05, 0) is 56.6 Å². The van der Waals surface area contributed by atoms with Gasteiger partial charge in [-0.15, -0.1) is 0 Å². The van der Waals surface area contributed by atoms with Crippen molar-refractivity contribution < 1.29 is 8.42 Å². The maximum absolute atomic E-state index is 12.1. The number of hydrogen-bond donors (Lipinski definition) is 1. The van der Waals surface area contributed by atoms with Gasteiger partial charge in [0.25, 0.3) is 10.0 Å². The standard InChI is InChI=1S/C14H18N2O2S/c1-10-2-6-13(7-3-10)19(17,18)16-15-14-9-11-4-5-12(14)8-11/h2-3,6-7,11-12,16H,4-5,8-9H2,1H3/b15-14+/t11-,12+/m0/s1. The number of nitrogens with zero attached hydrogens (tertiary/aromatic N) is 1. The number of fused-ring (bicyclic) bond motifs is 2. The molecule has 2 fully saturated rings. The van der Waals surface area contributed by atoms with Crippen molar-refractivity contribution >= 4 is 15.7 Å². The summed E-state index contributed by atoms with van der Waals surface area (Å²) in [5, 5.41) is 4.16. The fourth-order valence-electron chi connectivity index (χ4n) is 3.05. The zero-order valence-corrected chi connectivity index (χ0v) is 11.8. The normalized spacial score (nSPS) is 27.9. The Hall–Kier alpha value is -1.36. The van der Waals surface area contributed by atoms with Crippen LogP contribution >= 0.6 is 0 Å². The van der Waals surface area contributed by atoms with Crippen molar-refractivity contribution in [3.8, 4) is 0 Å². The lowest BCUT2D eigenvalue weighted by atomic mass is 9.99. The Labute approximate surface area is 114 Å². The molecule has 3 rings (SSSR count). The third-order valence-corrected chi connectivity index (χ3v) is 5.38. The molecule has 102 valence electrons. The highest BCUT2D eigenvalue weighted by atomic mass is 32.2. The fourth-order valence-corrected chi connectivity index (χ4v) is 3.89. The molecule has 0 aromatic heterocycles. The molecule has 4 nitrogen and oxygen atoms in total. The van der Waals surface area contributed by atoms with Gasteiger partial charge in [-0.3, -0.25) is 0 Å². The summed E-state index contributed by atoms with van der Waals surface area (Å²) in [6, 6.07) is 6.80. The molecule has 0 unspecified atom stereocenters. The van der Waals surface area contributed by atoms with Crippen LogP contribution in [0.2, 0.25) is 0 Å². The molecular weight excluding hydrogens is 260 g/mol. The predicted octanol–water partition coefficient (Wildman–Crippen LogP) is 2.45. The van der Waals surface area contributed by atoms with Gasteiger partial charge in [0.1, 0.15) is 0 Å². The Balaban J connectivity index is 1.75. The highest BCUT2D eigenvalue weighted by Gasteiger charge is 2.36. The van der Waals surface area contributed by atoms with E-state index in [9.17, 15) is 8.42 Å². The second-order valence-electron chi connectivity index (χ2n) is 5.59. The Morgan fingerprint density at radius 2 is 1.95 bits per heavy atom. The Kier molecular flexibility index (Phi) is 3.09. The SMILES string of the molecule is Cc1ccc(S(=O)(=O)N/N=C2\C[C@H]3CC[C@@H]2C3)cc1. The van der Waals surface area contributed by atoms with Crippen molar-refractivity contribution in [2.45, 2.75) is 37.5 Å². The maximum Gasteiger partial charge on any atom is 0.276 e. The Morgan fingerprint density at radius 1 is 1.21 bits per heavy atom. The van der Waals surface area contributed by atoms with E-state index in [0.29, 0.717) is 5.92 Å². The summed E-state index contributed by atoms with van der Waals surface area (Å²) in [5.74, 6) is 1.23. The van der Waals surface area contributed by atoms with Gasteiger partial charge in [-0.25, -0.2) is 4.83 Å². The van der Waals surface area contributed by atoms with Crippen LogP contribution in [0.5, 0.6) is 0 Å². The van der Waals surface area contributed by atoms with Crippen LogP contribution in [0.1, 0.15) is 31.2 Å². The third-order valence-electron chi connectivity index (χ3n) is 4.15. The summed E-state index contributed by atoms with van der Waals surface area (Å²) in [6.45, 7) is 1.93. The van der Waals surface area contributed by atoms with Crippen LogP contribution in [0, 0.1) is 18.8 Å². The van der Waals surface area contributed by atoms with Crippen molar-refractivity contribution in [2.24, 2.45) is 16.9 Å². The molecule has 0 radical (unpaired) electrons. The van der Waals surface area contributed by atoms with Crippen molar-refractivity contribution in [3.63, 3.8) is 0 Å². The number of hydrogen-bond acceptors (Lipinski definition) is 3. The number of sulfonamides is 1. The van der Waals surface area contributed by atoms with Crippen LogP contribution in [-0.4, -0.2) is 14.1 Å². The summed E-state index contributed by atoms with van der Waals surface area (Å²) >= 11 is 0. The van der Waals surface area contributed by atoms with Crippen LogP contribution < -0.4 is 4.83 Å². The minimum atomic E-state index is -3.52. The van der Waals surface area contributed by atoms with Crippen LogP contribution in [0.15, 0.2) is 34.3 Å². The zero-order valence-electron chi connectivity index (χ0n) is 11.0. The van der Waals surface area contributed by atoms with Crippen molar-refractivity contribution in [1.82, 2.24) is 4.83 Å². The van der Waals surface area contributed by atoms with E-state index in [1.807, 2.05) is 6.92 Å². The maximum atomic E-state index is 12.1. The lowest BCUT2D eigenvalue weighted by Crippen LogP contribution is -2.22. The van der Waals surface area contributed by atoms with Gasteiger partial charge < -0.3 is 0 Å². The lowest BCUT2D eigenvalue weighted by molar-refractivity contribution is 0.579. The van der Waals surface area contributed by atoms with Gasteiger partial charge in [-0.1, -0.05) is 17.7 Å². The predicted molar refractivity (Wildman–Crippen MR) is 74.4 cm³/mol. The van der Waals surface area contributed by atoms with Crippen LogP contribution in [-0.2, 0) is 10.0 Å². The number of rotatable bonds is 3. The minimum Gasteiger partial charge on any atom is -0.200 e. The van der Waals surface area contributed by atoms with Gasteiger partial charge >= 0.3 is 0 Å². The first kappa shape index (κ1) is 12.7. The molecule has 1 N–H and O–H groups in total. The van der Waals surface area contributed by atoms with E-state index < -0.39 is 10.0 Å². The van der Waals surface area contributed by atoms with E-state index in [1.165, 1.54) is 12.8 Å². The topological polar surface area (TPSA) is 58.5 Å². The Bertz CT molecular complexity index is 605. The number of hydrazone groups is 1. The molecular formula is C14H18N2O2S. The molecule has 2 atom stereocenters. The highest BCUT2D eigenvalue weighted by molar-refractivity contribution is 7.89. The molecule has 1 aromatic rings. The number of benzene rings is 1. The van der Waals surface area contributed by atoms with Gasteiger partial charge in [0, 0.05) is 5.71 Å². The molecule has 0 saturated heterocycles. The first-order valence-electron chi connectivity index (χ1n) is 6.69. The molecule has 5 heteroatoms. The average Bonchev–Trinajstić information content (AvgIpc) is 2.99. The molecule has 0 heterocycles. The summed E-state index contributed by atoms with van der Waals surface area (Å²) in [6.07, 6.45) is 4.58. The van der Waals surface area contributed by atoms with Crippen LogP contribution in [0.25, 0.3) is 0 Å². The molecule has 0 aliphatic heterocycles. The van der Waals surface area contributed by atoms with E-state index in [1.54, 1.807) is 24.3 Å². The first-order chi connectivity index (χ1) is 9.04. The molecule has 2 aliphatic rings. The van der Waals surface area contributed by atoms with Gasteiger partial charge in [-0.2, -0.15) is 13.5 Å². The zero-order chi connectivity index (χ0) is 13.5. The third kappa shape index (κ3) is 2.52. The number of nitrogens with one attached hydrogen (secondary N) is 1. The fraction of sp³-hybridized carbons (Fsp3) is 0.500. The summed E-state index contributed by atoms with van der Waals surface area (Å²) in [5.41, 5.74) is 2.07. The molecule has 2 bridgehead atoms. The average molecular weight is 278 g/mol. The minimum absolute atomic E-state index is 0.269. The number of aryl methyl sites for hydroxylation is 1.